The van der Waals surface area contributed by atoms with Crippen LogP contribution in [0.5, 0.6) is 0 Å². The minimum Gasteiger partial charge on any atom is -0.458 e. The highest BCUT2D eigenvalue weighted by Crippen LogP contribution is 2.23. The summed E-state index contributed by atoms with van der Waals surface area (Å²) < 4.78 is 5.96. The first-order valence-electron chi connectivity index (χ1n) is 37.5. The number of benzene rings is 1. The minimum absolute atomic E-state index is 0.0355. The average Bonchev–Trinajstić information content (AvgIpc) is 1.79. The Labute approximate surface area is 620 Å². The van der Waals surface area contributed by atoms with Crippen molar-refractivity contribution in [3.63, 3.8) is 0 Å². The Hall–Kier alpha value is -8.54. The molecule has 13 amide bonds. The molecule has 2 aliphatic heterocycles. The maximum atomic E-state index is 15.0. The summed E-state index contributed by atoms with van der Waals surface area (Å²) in [4.78, 5) is 202. The fourth-order valence-corrected chi connectivity index (χ4v) is 12.1. The van der Waals surface area contributed by atoms with Gasteiger partial charge in [0.05, 0.1) is 6.10 Å². The SMILES string of the molecule is C/C=C1\NC(=O)[C@H](Cc2ccccc2)NC(=O)[C@@H](C(C)C)NC(=O)[C@@H]([C@@H](C)CC)NC(=O)[C@H](NC(=O)[C@H](NC(=O)[C@@H](CCCN)NC(=O)[C@H]2CCCN2C(=O)[C@H](NC(=O)[C@@H](NC(=O)[C@@H](NC(=O)[C@H](NC(=O)CCCC(C)C)C(C)C)[C@@H](C)O)C(C)C)C(C)C)[C@@H](C)CC)[C@@H](C)OC(=O)[C@H](C(C)C)NC1=O. The van der Waals surface area contributed by atoms with Crippen molar-refractivity contribution in [3.05, 3.63) is 47.7 Å². The lowest BCUT2D eigenvalue weighted by Gasteiger charge is -2.33. The first-order valence-corrected chi connectivity index (χ1v) is 37.5. The molecule has 105 heavy (non-hydrogen) atoms. The van der Waals surface area contributed by atoms with E-state index in [1.165, 1.54) is 31.7 Å². The van der Waals surface area contributed by atoms with E-state index in [1.54, 1.807) is 127 Å². The number of aliphatic hydroxyl groups excluding tert-OH is 1. The largest absolute Gasteiger partial charge is 0.458 e. The lowest BCUT2D eigenvalue weighted by Crippen LogP contribution is -2.64. The molecule has 16 atom stereocenters. The van der Waals surface area contributed by atoms with Gasteiger partial charge in [0.25, 0.3) is 5.91 Å². The highest BCUT2D eigenvalue weighted by molar-refractivity contribution is 6.03. The number of hydrogen-bond donors (Lipinski definition) is 14. The summed E-state index contributed by atoms with van der Waals surface area (Å²) in [6.45, 7) is 31.8. The van der Waals surface area contributed by atoms with Crippen molar-refractivity contribution in [3.8, 4) is 0 Å². The van der Waals surface area contributed by atoms with Gasteiger partial charge in [0.2, 0.25) is 70.9 Å². The molecule has 30 nitrogen and oxygen atoms in total. The maximum Gasteiger partial charge on any atom is 0.329 e. The van der Waals surface area contributed by atoms with Crippen LogP contribution in [0.2, 0.25) is 0 Å². The third kappa shape index (κ3) is 27.7. The van der Waals surface area contributed by atoms with Crippen LogP contribution in [0.25, 0.3) is 0 Å². The van der Waals surface area contributed by atoms with Gasteiger partial charge in [-0.1, -0.05) is 166 Å². The van der Waals surface area contributed by atoms with Gasteiger partial charge in [0, 0.05) is 19.4 Å². The lowest BCUT2D eigenvalue weighted by atomic mass is 9.95. The van der Waals surface area contributed by atoms with Crippen LogP contribution in [0.1, 0.15) is 195 Å². The van der Waals surface area contributed by atoms with Gasteiger partial charge in [-0.3, -0.25) is 62.3 Å². The quantitative estimate of drug-likeness (QED) is 0.0353. The summed E-state index contributed by atoms with van der Waals surface area (Å²) in [6.07, 6.45) is 1.02. The van der Waals surface area contributed by atoms with E-state index in [0.29, 0.717) is 30.7 Å². The van der Waals surface area contributed by atoms with Gasteiger partial charge in [-0.15, -0.1) is 0 Å². The van der Waals surface area contributed by atoms with E-state index in [9.17, 15) is 62.6 Å². The van der Waals surface area contributed by atoms with Gasteiger partial charge >= 0.3 is 5.97 Å². The van der Waals surface area contributed by atoms with Crippen LogP contribution >= 0.6 is 0 Å². The Balaban J connectivity index is 2.00. The molecule has 0 saturated carbocycles. The van der Waals surface area contributed by atoms with Gasteiger partial charge in [-0.25, -0.2) is 4.79 Å². The summed E-state index contributed by atoms with van der Waals surface area (Å²) in [6, 6.07) is -7.67. The lowest BCUT2D eigenvalue weighted by molar-refractivity contribution is -0.157. The number of nitrogens with zero attached hydrogens (tertiary/aromatic N) is 1. The number of amides is 13. The normalized spacial score (nSPS) is 22.6. The van der Waals surface area contributed by atoms with Gasteiger partial charge in [-0.2, -0.15) is 0 Å². The fraction of sp³-hybridized carbons (Fsp3) is 0.707. The number of nitrogens with two attached hydrogens (primary N) is 1. The number of aliphatic hydroxyl groups is 1. The average molecular weight is 1480 g/mol. The second-order valence-corrected chi connectivity index (χ2v) is 30.2. The highest BCUT2D eigenvalue weighted by Gasteiger charge is 2.44. The molecule has 2 aliphatic rings. The molecule has 2 saturated heterocycles. The molecule has 2 heterocycles. The third-order valence-corrected chi connectivity index (χ3v) is 19.3. The topological polar surface area (TPSA) is 442 Å². The molecule has 1 aromatic carbocycles. The van der Waals surface area contributed by atoms with Crippen LogP contribution < -0.4 is 69.5 Å². The molecule has 0 unspecified atom stereocenters. The summed E-state index contributed by atoms with van der Waals surface area (Å²) >= 11 is 0. The zero-order chi connectivity index (χ0) is 79.4. The number of rotatable bonds is 33. The van der Waals surface area contributed by atoms with Crippen molar-refractivity contribution in [1.29, 1.82) is 0 Å². The second-order valence-electron chi connectivity index (χ2n) is 30.2. The van der Waals surface area contributed by atoms with Gasteiger partial charge in [0.1, 0.15) is 84.3 Å². The Bertz CT molecular complexity index is 3160. The monoisotopic (exact) mass is 1480 g/mol. The zero-order valence-corrected chi connectivity index (χ0v) is 65.2. The molecule has 0 aliphatic carbocycles. The van der Waals surface area contributed by atoms with E-state index >= 15 is 9.59 Å². The Morgan fingerprint density at radius 2 is 1.15 bits per heavy atom. The molecule has 0 bridgehead atoms. The van der Waals surface area contributed by atoms with E-state index in [0.717, 1.165) is 6.42 Å². The van der Waals surface area contributed by atoms with E-state index < -0.39 is 203 Å². The second kappa shape index (κ2) is 43.8. The van der Waals surface area contributed by atoms with E-state index in [2.05, 4.69) is 63.8 Å². The molecule has 590 valence electrons. The van der Waals surface area contributed by atoms with Crippen LogP contribution in [-0.2, 0) is 78.3 Å². The van der Waals surface area contributed by atoms with Crippen molar-refractivity contribution < 1.29 is 77.0 Å². The Morgan fingerprint density at radius 3 is 1.69 bits per heavy atom. The van der Waals surface area contributed by atoms with Crippen LogP contribution in [-0.4, -0.2) is 191 Å². The van der Waals surface area contributed by atoms with E-state index in [1.807, 2.05) is 13.8 Å². The van der Waals surface area contributed by atoms with Gasteiger partial charge < -0.3 is 84.3 Å². The van der Waals surface area contributed by atoms with Crippen LogP contribution in [0.15, 0.2) is 42.1 Å². The van der Waals surface area contributed by atoms with Crippen molar-refractivity contribution >= 4 is 82.8 Å². The number of ether oxygens (including phenoxy) is 1. The minimum atomic E-state index is -1.83. The number of nitrogens with one attached hydrogen (secondary N) is 12. The van der Waals surface area contributed by atoms with Crippen LogP contribution in [0.3, 0.4) is 0 Å². The number of allylic oxidation sites excluding steroid dienone is 1. The molecule has 0 radical (unpaired) electrons. The first kappa shape index (κ1) is 90.7. The number of carbonyl (C=O) groups excluding carboxylic acids is 14. The van der Waals surface area contributed by atoms with Crippen molar-refractivity contribution in [2.24, 2.45) is 53.1 Å². The fourth-order valence-electron chi connectivity index (χ4n) is 12.1. The van der Waals surface area contributed by atoms with Crippen molar-refractivity contribution in [2.45, 2.75) is 280 Å². The van der Waals surface area contributed by atoms with E-state index in [-0.39, 0.29) is 63.2 Å². The molecule has 0 spiro atoms. The molecule has 3 rings (SSSR count). The molecular weight excluding hydrogens is 1350 g/mol. The van der Waals surface area contributed by atoms with Crippen molar-refractivity contribution in [2.75, 3.05) is 13.1 Å². The van der Waals surface area contributed by atoms with Crippen molar-refractivity contribution in [1.82, 2.24) is 68.7 Å². The smallest absolute Gasteiger partial charge is 0.329 e. The van der Waals surface area contributed by atoms with Crippen LogP contribution in [0.4, 0.5) is 0 Å². The summed E-state index contributed by atoms with van der Waals surface area (Å²) in [5, 5.41) is 43.2. The first-order chi connectivity index (χ1) is 49.2. The molecule has 30 heteroatoms. The number of hydrogen-bond acceptors (Lipinski definition) is 17. The number of cyclic esters (lactones) is 1. The molecule has 15 N–H and O–H groups in total. The number of esters is 1. The standard InChI is InChI=1S/C75H124N14O16/c1-20-44(16)59(71(100)88-62-47(19)105-75(104)58(43(14)15)84-63(92)49(22-3)77-65(94)51(37-48-30-24-23-25-31-48)79-67(96)55(40(8)9)81-70(99)60(45(17)21-2)86-73(62)102)85-64(93)50(32-27-35-76)78-66(95)52-33-28-36-89(52)74(103)57(42(12)13)83-69(98)56(41(10)11)82-72(101)61(46(18)90)87-68(97)54(39(6)7)80-53(91)34-26-29-38(4)5/h22-25,30-31,38-47,50-52,54-62,90H,20-21,26-29,32-37,76H2,1-19H3,(H,77,94)(H,78,95)(H,79,96)(H,80,91)(H,81,99)(H,82,101)(H,83,98)(H,84,92)(H,85,93)(H,86,102)(H,87,97)(H,88,100)/b49-22-/t44-,45-,46+,47+,50+,51-,52+,54+,55+,56-,57+,58-,59+,60+,61-,62+/m0/s1. The summed E-state index contributed by atoms with van der Waals surface area (Å²) in [7, 11) is 0. The molecule has 1 aromatic rings. The predicted octanol–water partition coefficient (Wildman–Crippen LogP) is 1.84. The predicted molar refractivity (Wildman–Crippen MR) is 395 cm³/mol. The molecule has 2 fully saturated rings. The number of carbonyl (C=O) groups is 14. The molecule has 0 aromatic heterocycles. The van der Waals surface area contributed by atoms with E-state index in [4.69, 9.17) is 10.5 Å². The maximum absolute atomic E-state index is 15.0. The zero-order valence-electron chi connectivity index (χ0n) is 65.2. The van der Waals surface area contributed by atoms with Gasteiger partial charge in [-0.05, 0) is 112 Å². The third-order valence-electron chi connectivity index (χ3n) is 19.3. The Morgan fingerprint density at radius 1 is 0.610 bits per heavy atom. The molecular formula is C75H124N14O16. The summed E-state index contributed by atoms with van der Waals surface area (Å²) in [5.74, 6) is -15.1. The van der Waals surface area contributed by atoms with Crippen LogP contribution in [0, 0.1) is 47.3 Å². The Kier molecular flexibility index (Phi) is 37.8. The van der Waals surface area contributed by atoms with Gasteiger partial charge in [0.15, 0.2) is 0 Å². The highest BCUT2D eigenvalue weighted by atomic mass is 16.5. The summed E-state index contributed by atoms with van der Waals surface area (Å²) in [5.41, 5.74) is 6.34. The number of likely N-dealkylation sites (tertiary alicyclic amines) is 1.